The summed E-state index contributed by atoms with van der Waals surface area (Å²) in [6.07, 6.45) is 0. The molecule has 24 heavy (non-hydrogen) atoms. The smallest absolute Gasteiger partial charge is 0.387 e. The highest BCUT2D eigenvalue weighted by Gasteiger charge is 2.25. The van der Waals surface area contributed by atoms with Gasteiger partial charge in [-0.15, -0.1) is 23.7 Å². The molecular weight excluding hydrogens is 377 g/mol. The molecule has 2 heterocycles. The molecule has 0 radical (unpaired) electrons. The zero-order valence-corrected chi connectivity index (χ0v) is 15.1. The molecule has 1 N–H and O–H groups in total. The average Bonchev–Trinajstić information content (AvgIpc) is 2.94. The number of hydrogen-bond donors (Lipinski definition) is 1. The minimum absolute atomic E-state index is 0. The van der Waals surface area contributed by atoms with E-state index in [0.29, 0.717) is 0 Å². The minimum atomic E-state index is -2.82. The van der Waals surface area contributed by atoms with E-state index < -0.39 is 6.61 Å². The Hall–Kier alpha value is -0.920. The first kappa shape index (κ1) is 19.4. The fourth-order valence-corrected chi connectivity index (χ4v) is 4.06. The maximum absolute atomic E-state index is 12.5. The molecule has 3 rings (SSSR count). The van der Waals surface area contributed by atoms with Crippen LogP contribution < -0.4 is 10.1 Å². The normalized spacial score (nSPS) is 16.7. The Morgan fingerprint density at radius 1 is 1.17 bits per heavy atom. The van der Waals surface area contributed by atoms with Gasteiger partial charge in [0.15, 0.2) is 0 Å². The molecule has 0 saturated carbocycles. The fraction of sp³-hybridized carbons (Fsp3) is 0.375. The molecule has 0 aliphatic carbocycles. The lowest BCUT2D eigenvalue weighted by atomic mass is 10.0. The van der Waals surface area contributed by atoms with Gasteiger partial charge < -0.3 is 10.1 Å². The zero-order valence-electron chi connectivity index (χ0n) is 12.8. The Morgan fingerprint density at radius 2 is 1.92 bits per heavy atom. The van der Waals surface area contributed by atoms with Gasteiger partial charge in [-0.3, -0.25) is 4.90 Å². The predicted octanol–water partition coefficient (Wildman–Crippen LogP) is 4.42. The summed E-state index contributed by atoms with van der Waals surface area (Å²) < 4.78 is 30.2. The van der Waals surface area contributed by atoms with Crippen LogP contribution in [0.2, 0.25) is 4.34 Å². The standard InChI is InChI=1S/C16H17ClF2N2OS.ClH/c17-14-5-4-13(23-14)15(21-8-6-20-7-9-21)11-2-1-3-12(10-11)22-16(18)19;/h1-5,10,15-16,20H,6-9H2;1H/t15-;/m0./s1. The lowest BCUT2D eigenvalue weighted by Gasteiger charge is -2.34. The first-order chi connectivity index (χ1) is 11.1. The molecule has 1 aliphatic heterocycles. The third-order valence-electron chi connectivity index (χ3n) is 3.78. The van der Waals surface area contributed by atoms with E-state index in [1.807, 2.05) is 18.2 Å². The Balaban J connectivity index is 0.00000208. The summed E-state index contributed by atoms with van der Waals surface area (Å²) in [6.45, 7) is 0.769. The molecular formula is C16H18Cl2F2N2OS. The van der Waals surface area contributed by atoms with Crippen molar-refractivity contribution in [3.63, 3.8) is 0 Å². The highest BCUT2D eigenvalue weighted by atomic mass is 35.5. The molecule has 8 heteroatoms. The fourth-order valence-electron chi connectivity index (χ4n) is 2.83. The Bertz CT molecular complexity index is 651. The quantitative estimate of drug-likeness (QED) is 0.811. The van der Waals surface area contributed by atoms with Crippen molar-refractivity contribution in [2.75, 3.05) is 26.2 Å². The maximum atomic E-state index is 12.5. The van der Waals surface area contributed by atoms with Gasteiger partial charge >= 0.3 is 6.61 Å². The third kappa shape index (κ3) is 4.80. The summed E-state index contributed by atoms with van der Waals surface area (Å²) in [4.78, 5) is 3.44. The van der Waals surface area contributed by atoms with Crippen molar-refractivity contribution in [2.24, 2.45) is 0 Å². The number of thiophene rings is 1. The first-order valence-electron chi connectivity index (χ1n) is 7.38. The number of hydrogen-bond acceptors (Lipinski definition) is 4. The van der Waals surface area contributed by atoms with E-state index in [1.54, 1.807) is 18.2 Å². The van der Waals surface area contributed by atoms with Crippen molar-refractivity contribution < 1.29 is 13.5 Å². The van der Waals surface area contributed by atoms with Crippen molar-refractivity contribution >= 4 is 35.3 Å². The molecule has 1 aliphatic rings. The number of alkyl halides is 2. The van der Waals surface area contributed by atoms with E-state index in [0.717, 1.165) is 41.0 Å². The van der Waals surface area contributed by atoms with E-state index in [9.17, 15) is 8.78 Å². The topological polar surface area (TPSA) is 24.5 Å². The summed E-state index contributed by atoms with van der Waals surface area (Å²) in [7, 11) is 0. The SMILES string of the molecule is Cl.FC(F)Oc1cccc([C@@H](c2ccc(Cl)s2)N2CCNCC2)c1. The molecule has 132 valence electrons. The predicted molar refractivity (Wildman–Crippen MR) is 95.9 cm³/mol. The summed E-state index contributed by atoms with van der Waals surface area (Å²) in [6, 6.07) is 10.8. The van der Waals surface area contributed by atoms with Crippen LogP contribution in [0.25, 0.3) is 0 Å². The number of rotatable bonds is 5. The molecule has 0 bridgehead atoms. The molecule has 1 aromatic heterocycles. The second kappa shape index (κ2) is 8.97. The van der Waals surface area contributed by atoms with E-state index in [4.69, 9.17) is 11.6 Å². The second-order valence-corrected chi connectivity index (χ2v) is 7.03. The lowest BCUT2D eigenvalue weighted by Crippen LogP contribution is -2.45. The second-order valence-electron chi connectivity index (χ2n) is 5.28. The lowest BCUT2D eigenvalue weighted by molar-refractivity contribution is -0.0499. The van der Waals surface area contributed by atoms with Crippen LogP contribution in [0, 0.1) is 0 Å². The van der Waals surface area contributed by atoms with Crippen molar-refractivity contribution in [1.82, 2.24) is 10.2 Å². The van der Waals surface area contributed by atoms with Gasteiger partial charge in [0.05, 0.1) is 10.4 Å². The summed E-state index contributed by atoms with van der Waals surface area (Å²) >= 11 is 7.61. The van der Waals surface area contributed by atoms with Crippen molar-refractivity contribution in [3.8, 4) is 5.75 Å². The molecule has 0 unspecified atom stereocenters. The first-order valence-corrected chi connectivity index (χ1v) is 8.58. The number of nitrogens with one attached hydrogen (secondary N) is 1. The zero-order chi connectivity index (χ0) is 16.2. The molecule has 1 saturated heterocycles. The van der Waals surface area contributed by atoms with Crippen LogP contribution in [-0.4, -0.2) is 37.7 Å². The molecule has 1 aromatic carbocycles. The van der Waals surface area contributed by atoms with Gasteiger partial charge in [-0.1, -0.05) is 23.7 Å². The van der Waals surface area contributed by atoms with Crippen LogP contribution >= 0.6 is 35.3 Å². The van der Waals surface area contributed by atoms with Crippen molar-refractivity contribution in [2.45, 2.75) is 12.7 Å². The van der Waals surface area contributed by atoms with E-state index >= 15 is 0 Å². The maximum Gasteiger partial charge on any atom is 0.387 e. The van der Waals surface area contributed by atoms with Crippen LogP contribution in [0.15, 0.2) is 36.4 Å². The molecule has 3 nitrogen and oxygen atoms in total. The minimum Gasteiger partial charge on any atom is -0.435 e. The van der Waals surface area contributed by atoms with Crippen LogP contribution in [-0.2, 0) is 0 Å². The number of piperazine rings is 1. The highest BCUT2D eigenvalue weighted by molar-refractivity contribution is 7.16. The van der Waals surface area contributed by atoms with E-state index in [-0.39, 0.29) is 24.2 Å². The molecule has 0 spiro atoms. The summed E-state index contributed by atoms with van der Waals surface area (Å²) in [5, 5.41) is 3.33. The van der Waals surface area contributed by atoms with E-state index in [1.165, 1.54) is 11.3 Å². The van der Waals surface area contributed by atoms with Gasteiger partial charge in [-0.25, -0.2) is 0 Å². The van der Waals surface area contributed by atoms with Crippen LogP contribution in [0.5, 0.6) is 5.75 Å². The molecule has 0 amide bonds. The third-order valence-corrected chi connectivity index (χ3v) is 5.06. The monoisotopic (exact) mass is 394 g/mol. The van der Waals surface area contributed by atoms with E-state index in [2.05, 4.69) is 15.0 Å². The number of nitrogens with zero attached hydrogens (tertiary/aromatic N) is 1. The summed E-state index contributed by atoms with van der Waals surface area (Å²) in [5.74, 6) is 0.181. The van der Waals surface area contributed by atoms with Crippen molar-refractivity contribution in [3.05, 3.63) is 51.2 Å². The van der Waals surface area contributed by atoms with Gasteiger partial charge in [0.25, 0.3) is 0 Å². The Kier molecular flexibility index (Phi) is 7.25. The van der Waals surface area contributed by atoms with Crippen LogP contribution in [0.4, 0.5) is 8.78 Å². The van der Waals surface area contributed by atoms with Crippen LogP contribution in [0.1, 0.15) is 16.5 Å². The number of ether oxygens (including phenoxy) is 1. The average molecular weight is 395 g/mol. The van der Waals surface area contributed by atoms with Gasteiger partial charge in [0, 0.05) is 31.1 Å². The van der Waals surface area contributed by atoms with Gasteiger partial charge in [0.2, 0.25) is 0 Å². The Labute approximate surface area is 155 Å². The van der Waals surface area contributed by atoms with Crippen molar-refractivity contribution in [1.29, 1.82) is 0 Å². The summed E-state index contributed by atoms with van der Waals surface area (Å²) in [5.41, 5.74) is 0.934. The van der Waals surface area contributed by atoms with Gasteiger partial charge in [-0.2, -0.15) is 8.78 Å². The Morgan fingerprint density at radius 3 is 2.54 bits per heavy atom. The molecule has 1 fully saturated rings. The highest BCUT2D eigenvalue weighted by Crippen LogP contribution is 2.36. The number of benzene rings is 1. The largest absolute Gasteiger partial charge is 0.435 e. The van der Waals surface area contributed by atoms with Gasteiger partial charge in [-0.05, 0) is 29.8 Å². The molecule has 2 aromatic rings. The van der Waals surface area contributed by atoms with Crippen LogP contribution in [0.3, 0.4) is 0 Å². The molecule has 1 atom stereocenters. The van der Waals surface area contributed by atoms with Gasteiger partial charge in [0.1, 0.15) is 5.75 Å². The number of halogens is 4.